The van der Waals surface area contributed by atoms with Crippen molar-refractivity contribution in [3.05, 3.63) is 17.6 Å². The second kappa shape index (κ2) is 5.32. The van der Waals surface area contributed by atoms with Gasteiger partial charge >= 0.3 is 0 Å². The average Bonchev–Trinajstić information content (AvgIpc) is 3.22. The molecule has 1 saturated heterocycles. The molecule has 0 aromatic carbocycles. The third-order valence-corrected chi connectivity index (χ3v) is 5.03. The van der Waals surface area contributed by atoms with Crippen molar-refractivity contribution < 1.29 is 0 Å². The summed E-state index contributed by atoms with van der Waals surface area (Å²) in [5.41, 5.74) is 2.76. The molecule has 2 aliphatic carbocycles. The van der Waals surface area contributed by atoms with E-state index < -0.39 is 0 Å². The SMILES string of the molecule is c1nc2c(c(N(CC3CCNCC3)C3CC3)n1)CCC2. The highest BCUT2D eigenvalue weighted by molar-refractivity contribution is 5.52. The minimum atomic E-state index is 0.754. The summed E-state index contributed by atoms with van der Waals surface area (Å²) in [5.74, 6) is 2.11. The number of nitrogens with one attached hydrogen (secondary N) is 1. The summed E-state index contributed by atoms with van der Waals surface area (Å²) in [6.45, 7) is 3.58. The number of hydrogen-bond donors (Lipinski definition) is 1. The third kappa shape index (κ3) is 2.41. The van der Waals surface area contributed by atoms with E-state index in [2.05, 4.69) is 20.2 Å². The molecule has 1 N–H and O–H groups in total. The number of hydrogen-bond acceptors (Lipinski definition) is 4. The zero-order valence-corrected chi connectivity index (χ0v) is 12.1. The van der Waals surface area contributed by atoms with Crippen LogP contribution >= 0.6 is 0 Å². The number of piperidine rings is 1. The van der Waals surface area contributed by atoms with Gasteiger partial charge in [-0.1, -0.05) is 0 Å². The third-order valence-electron chi connectivity index (χ3n) is 5.03. The summed E-state index contributed by atoms with van der Waals surface area (Å²) >= 11 is 0. The summed E-state index contributed by atoms with van der Waals surface area (Å²) in [7, 11) is 0. The molecule has 1 saturated carbocycles. The molecule has 1 aliphatic heterocycles. The molecule has 4 nitrogen and oxygen atoms in total. The van der Waals surface area contributed by atoms with Gasteiger partial charge < -0.3 is 10.2 Å². The van der Waals surface area contributed by atoms with E-state index in [1.807, 2.05) is 0 Å². The van der Waals surface area contributed by atoms with Gasteiger partial charge in [-0.2, -0.15) is 0 Å². The van der Waals surface area contributed by atoms with Crippen LogP contribution in [-0.4, -0.2) is 35.6 Å². The Labute approximate surface area is 121 Å². The van der Waals surface area contributed by atoms with E-state index in [9.17, 15) is 0 Å². The van der Waals surface area contributed by atoms with Crippen LogP contribution in [0.3, 0.4) is 0 Å². The number of fused-ring (bicyclic) bond motifs is 1. The Morgan fingerprint density at radius 1 is 1.10 bits per heavy atom. The predicted octanol–water partition coefficient (Wildman–Crippen LogP) is 1.93. The number of rotatable bonds is 4. The topological polar surface area (TPSA) is 41.1 Å². The Hall–Kier alpha value is -1.16. The van der Waals surface area contributed by atoms with Crippen LogP contribution in [0.5, 0.6) is 0 Å². The second-order valence-electron chi connectivity index (χ2n) is 6.55. The molecule has 0 unspecified atom stereocenters. The molecule has 0 radical (unpaired) electrons. The zero-order chi connectivity index (χ0) is 13.4. The van der Waals surface area contributed by atoms with Gasteiger partial charge in [0.1, 0.15) is 12.1 Å². The van der Waals surface area contributed by atoms with Gasteiger partial charge in [0.15, 0.2) is 0 Å². The van der Waals surface area contributed by atoms with Crippen LogP contribution in [0.4, 0.5) is 5.82 Å². The van der Waals surface area contributed by atoms with Crippen molar-refractivity contribution in [2.24, 2.45) is 5.92 Å². The molecule has 4 rings (SSSR count). The van der Waals surface area contributed by atoms with Gasteiger partial charge in [-0.3, -0.25) is 0 Å². The van der Waals surface area contributed by atoms with Crippen LogP contribution in [0.25, 0.3) is 0 Å². The fourth-order valence-corrected chi connectivity index (χ4v) is 3.73. The average molecular weight is 272 g/mol. The normalized spacial score (nSPS) is 22.8. The first-order valence-electron chi connectivity index (χ1n) is 8.22. The Kier molecular flexibility index (Phi) is 3.34. The first-order chi connectivity index (χ1) is 9.92. The van der Waals surface area contributed by atoms with E-state index in [1.165, 1.54) is 75.2 Å². The second-order valence-corrected chi connectivity index (χ2v) is 6.55. The Bertz CT molecular complexity index is 477. The van der Waals surface area contributed by atoms with Crippen LogP contribution in [0, 0.1) is 5.92 Å². The molecule has 0 spiro atoms. The summed E-state index contributed by atoms with van der Waals surface area (Å²) in [6.07, 6.45) is 10.7. The lowest BCUT2D eigenvalue weighted by atomic mass is 9.97. The molecule has 0 atom stereocenters. The van der Waals surface area contributed by atoms with Crippen LogP contribution < -0.4 is 10.2 Å². The highest BCUT2D eigenvalue weighted by atomic mass is 15.2. The minimum Gasteiger partial charge on any atom is -0.353 e. The zero-order valence-electron chi connectivity index (χ0n) is 12.1. The smallest absolute Gasteiger partial charge is 0.135 e. The van der Waals surface area contributed by atoms with Gasteiger partial charge in [-0.15, -0.1) is 0 Å². The summed E-state index contributed by atoms with van der Waals surface area (Å²) in [5, 5.41) is 3.47. The Balaban J connectivity index is 1.58. The maximum atomic E-state index is 4.68. The molecule has 108 valence electrons. The molecule has 20 heavy (non-hydrogen) atoms. The molecule has 1 aromatic rings. The molecule has 1 aromatic heterocycles. The van der Waals surface area contributed by atoms with Gasteiger partial charge in [0.25, 0.3) is 0 Å². The first-order valence-corrected chi connectivity index (χ1v) is 8.22. The molecule has 2 heterocycles. The maximum Gasteiger partial charge on any atom is 0.135 e. The quantitative estimate of drug-likeness (QED) is 0.909. The summed E-state index contributed by atoms with van der Waals surface area (Å²) in [4.78, 5) is 11.8. The lowest BCUT2D eigenvalue weighted by Crippen LogP contribution is -2.38. The van der Waals surface area contributed by atoms with E-state index in [0.29, 0.717) is 0 Å². The Morgan fingerprint density at radius 2 is 1.95 bits per heavy atom. The highest BCUT2D eigenvalue weighted by Crippen LogP contribution is 2.36. The number of nitrogens with zero attached hydrogens (tertiary/aromatic N) is 3. The largest absolute Gasteiger partial charge is 0.353 e. The minimum absolute atomic E-state index is 0.754. The van der Waals surface area contributed by atoms with Crippen LogP contribution in [0.2, 0.25) is 0 Å². The number of anilines is 1. The fraction of sp³-hybridized carbons (Fsp3) is 0.750. The van der Waals surface area contributed by atoms with Gasteiger partial charge in [0.05, 0.1) is 0 Å². The van der Waals surface area contributed by atoms with Gasteiger partial charge in [0, 0.05) is 23.8 Å². The fourth-order valence-electron chi connectivity index (χ4n) is 3.73. The number of aryl methyl sites for hydroxylation is 1. The standard InChI is InChI=1S/C16H24N4/c1-2-14-15(3-1)18-11-19-16(14)20(13-4-5-13)10-12-6-8-17-9-7-12/h11-13,17H,1-10H2. The van der Waals surface area contributed by atoms with Crippen molar-refractivity contribution in [1.29, 1.82) is 0 Å². The molecule has 2 fully saturated rings. The van der Waals surface area contributed by atoms with E-state index >= 15 is 0 Å². The summed E-state index contributed by atoms with van der Waals surface area (Å²) in [6, 6.07) is 0.754. The predicted molar refractivity (Wildman–Crippen MR) is 80.0 cm³/mol. The lowest BCUT2D eigenvalue weighted by molar-refractivity contribution is 0.372. The monoisotopic (exact) mass is 272 g/mol. The van der Waals surface area contributed by atoms with E-state index in [4.69, 9.17) is 0 Å². The Morgan fingerprint density at radius 3 is 2.75 bits per heavy atom. The van der Waals surface area contributed by atoms with Gasteiger partial charge in [-0.25, -0.2) is 9.97 Å². The van der Waals surface area contributed by atoms with Crippen LogP contribution in [0.15, 0.2) is 6.33 Å². The number of aromatic nitrogens is 2. The van der Waals surface area contributed by atoms with Crippen LogP contribution in [0.1, 0.15) is 43.4 Å². The van der Waals surface area contributed by atoms with E-state index in [0.717, 1.165) is 18.4 Å². The molecule has 4 heteroatoms. The van der Waals surface area contributed by atoms with Crippen molar-refractivity contribution in [2.45, 2.75) is 51.0 Å². The molecular formula is C16H24N4. The van der Waals surface area contributed by atoms with Gasteiger partial charge in [-0.05, 0) is 64.0 Å². The highest BCUT2D eigenvalue weighted by Gasteiger charge is 2.34. The molecular weight excluding hydrogens is 248 g/mol. The van der Waals surface area contributed by atoms with E-state index in [1.54, 1.807) is 6.33 Å². The van der Waals surface area contributed by atoms with Crippen molar-refractivity contribution in [3.63, 3.8) is 0 Å². The maximum absolute atomic E-state index is 4.68. The van der Waals surface area contributed by atoms with Crippen molar-refractivity contribution >= 4 is 5.82 Å². The van der Waals surface area contributed by atoms with Crippen molar-refractivity contribution in [1.82, 2.24) is 15.3 Å². The summed E-state index contributed by atoms with van der Waals surface area (Å²) < 4.78 is 0. The van der Waals surface area contributed by atoms with Crippen molar-refractivity contribution in [3.8, 4) is 0 Å². The molecule has 0 amide bonds. The van der Waals surface area contributed by atoms with E-state index in [-0.39, 0.29) is 0 Å². The van der Waals surface area contributed by atoms with Crippen molar-refractivity contribution in [2.75, 3.05) is 24.5 Å². The molecule has 3 aliphatic rings. The first kappa shape index (κ1) is 12.6. The lowest BCUT2D eigenvalue weighted by Gasteiger charge is -2.32. The van der Waals surface area contributed by atoms with Gasteiger partial charge in [0.2, 0.25) is 0 Å². The molecule has 0 bridgehead atoms. The van der Waals surface area contributed by atoms with Crippen LogP contribution in [-0.2, 0) is 12.8 Å².